The van der Waals surface area contributed by atoms with Crippen molar-refractivity contribution in [2.24, 2.45) is 0 Å². The molecule has 0 amide bonds. The first kappa shape index (κ1) is 8.99. The van der Waals surface area contributed by atoms with Crippen LogP contribution in [-0.2, 0) is 0 Å². The molecule has 0 aliphatic carbocycles. The highest BCUT2D eigenvalue weighted by Crippen LogP contribution is 1.92. The topological polar surface area (TPSA) is 12.0 Å². The highest BCUT2D eigenvalue weighted by atomic mass is 35.5. The maximum absolute atomic E-state index is 5.43. The van der Waals surface area contributed by atoms with Crippen LogP contribution in [0.2, 0.25) is 0 Å². The highest BCUT2D eigenvalue weighted by molar-refractivity contribution is 6.25. The standard InChI is InChI=1S/C7H14ClN/c1-6(2)9-5-7(3)4-8/h4,6,9H,5H2,1-3H3. The van der Waals surface area contributed by atoms with Gasteiger partial charge >= 0.3 is 0 Å². The minimum absolute atomic E-state index is 0.538. The molecule has 0 spiro atoms. The Labute approximate surface area is 62.1 Å². The minimum Gasteiger partial charge on any atom is -0.311 e. The van der Waals surface area contributed by atoms with Gasteiger partial charge in [-0.15, -0.1) is 0 Å². The van der Waals surface area contributed by atoms with Crippen LogP contribution in [0, 0.1) is 0 Å². The number of nitrogens with one attached hydrogen (secondary N) is 1. The molecule has 0 radical (unpaired) electrons. The lowest BCUT2D eigenvalue weighted by atomic mass is 10.3. The van der Waals surface area contributed by atoms with E-state index in [9.17, 15) is 0 Å². The third-order valence-corrected chi connectivity index (χ3v) is 1.35. The normalized spacial score (nSPS) is 12.8. The van der Waals surface area contributed by atoms with Crippen LogP contribution < -0.4 is 5.32 Å². The first-order valence-corrected chi connectivity index (χ1v) is 3.59. The lowest BCUT2D eigenvalue weighted by Gasteiger charge is -2.06. The molecule has 0 aromatic rings. The van der Waals surface area contributed by atoms with Gasteiger partial charge in [-0.25, -0.2) is 0 Å². The molecule has 1 nitrogen and oxygen atoms in total. The molecule has 0 unspecified atom stereocenters. The summed E-state index contributed by atoms with van der Waals surface area (Å²) >= 11 is 5.43. The summed E-state index contributed by atoms with van der Waals surface area (Å²) in [5, 5.41) is 3.24. The fourth-order valence-electron chi connectivity index (χ4n) is 0.404. The minimum atomic E-state index is 0.538. The first-order valence-electron chi connectivity index (χ1n) is 3.16. The van der Waals surface area contributed by atoms with Crippen LogP contribution in [0.4, 0.5) is 0 Å². The van der Waals surface area contributed by atoms with E-state index in [0.29, 0.717) is 6.04 Å². The van der Waals surface area contributed by atoms with Gasteiger partial charge in [0.05, 0.1) is 0 Å². The van der Waals surface area contributed by atoms with Crippen molar-refractivity contribution in [3.8, 4) is 0 Å². The molecule has 0 saturated heterocycles. The van der Waals surface area contributed by atoms with Gasteiger partial charge in [0.2, 0.25) is 0 Å². The predicted octanol–water partition coefficient (Wildman–Crippen LogP) is 2.13. The Morgan fingerprint density at radius 2 is 2.22 bits per heavy atom. The molecule has 0 atom stereocenters. The van der Waals surface area contributed by atoms with Crippen LogP contribution in [0.1, 0.15) is 20.8 Å². The van der Waals surface area contributed by atoms with E-state index in [1.165, 1.54) is 5.57 Å². The van der Waals surface area contributed by atoms with Crippen molar-refractivity contribution in [2.75, 3.05) is 6.54 Å². The van der Waals surface area contributed by atoms with E-state index in [4.69, 9.17) is 11.6 Å². The summed E-state index contributed by atoms with van der Waals surface area (Å²) in [5.41, 5.74) is 2.78. The van der Waals surface area contributed by atoms with Crippen molar-refractivity contribution < 1.29 is 0 Å². The zero-order chi connectivity index (χ0) is 7.28. The van der Waals surface area contributed by atoms with E-state index in [1.807, 2.05) is 6.92 Å². The smallest absolute Gasteiger partial charge is 0.0175 e. The molecular weight excluding hydrogens is 134 g/mol. The van der Waals surface area contributed by atoms with Crippen LogP contribution in [0.15, 0.2) is 11.1 Å². The summed E-state index contributed by atoms with van der Waals surface area (Å²) in [6, 6.07) is 0.538. The molecular formula is C7H14ClN. The lowest BCUT2D eigenvalue weighted by molar-refractivity contribution is 0.622. The van der Waals surface area contributed by atoms with Gasteiger partial charge in [-0.2, -0.15) is 0 Å². The number of rotatable bonds is 3. The summed E-state index contributed by atoms with van der Waals surface area (Å²) in [4.78, 5) is 0. The summed E-state index contributed by atoms with van der Waals surface area (Å²) in [5.74, 6) is 0. The summed E-state index contributed by atoms with van der Waals surface area (Å²) in [7, 11) is 0. The second-order valence-electron chi connectivity index (χ2n) is 2.49. The molecule has 2 heteroatoms. The number of hydrogen-bond donors (Lipinski definition) is 1. The molecule has 54 valence electrons. The molecule has 0 fully saturated rings. The van der Waals surface area contributed by atoms with Gasteiger partial charge in [0.15, 0.2) is 0 Å². The Morgan fingerprint density at radius 1 is 1.67 bits per heavy atom. The van der Waals surface area contributed by atoms with Gasteiger partial charge in [-0.1, -0.05) is 25.4 Å². The third kappa shape index (κ3) is 5.87. The summed E-state index contributed by atoms with van der Waals surface area (Å²) < 4.78 is 0. The maximum Gasteiger partial charge on any atom is 0.0175 e. The fourth-order valence-corrected chi connectivity index (χ4v) is 0.481. The molecule has 0 saturated carbocycles. The second-order valence-corrected chi connectivity index (χ2v) is 2.71. The van der Waals surface area contributed by atoms with Crippen molar-refractivity contribution in [1.29, 1.82) is 0 Å². The van der Waals surface area contributed by atoms with Gasteiger partial charge in [-0.3, -0.25) is 0 Å². The van der Waals surface area contributed by atoms with Gasteiger partial charge < -0.3 is 5.32 Å². The molecule has 9 heavy (non-hydrogen) atoms. The summed E-state index contributed by atoms with van der Waals surface area (Å²) in [6.07, 6.45) is 0. The van der Waals surface area contributed by atoms with Gasteiger partial charge in [0.1, 0.15) is 0 Å². The molecule has 0 aromatic heterocycles. The lowest BCUT2D eigenvalue weighted by Crippen LogP contribution is -2.24. The van der Waals surface area contributed by atoms with Crippen molar-refractivity contribution in [3.63, 3.8) is 0 Å². The highest BCUT2D eigenvalue weighted by Gasteiger charge is 1.90. The quantitative estimate of drug-likeness (QED) is 0.645. The molecule has 0 rings (SSSR count). The monoisotopic (exact) mass is 147 g/mol. The molecule has 0 bridgehead atoms. The fraction of sp³-hybridized carbons (Fsp3) is 0.714. The Morgan fingerprint density at radius 3 is 2.56 bits per heavy atom. The average Bonchev–Trinajstić information content (AvgIpc) is 1.83. The number of halogens is 1. The van der Waals surface area contributed by atoms with Crippen molar-refractivity contribution >= 4 is 11.6 Å². The van der Waals surface area contributed by atoms with Crippen LogP contribution >= 0.6 is 11.6 Å². The van der Waals surface area contributed by atoms with Crippen molar-refractivity contribution in [2.45, 2.75) is 26.8 Å². The van der Waals surface area contributed by atoms with Crippen LogP contribution in [0.25, 0.3) is 0 Å². The predicted molar refractivity (Wildman–Crippen MR) is 42.7 cm³/mol. The first-order chi connectivity index (χ1) is 4.16. The van der Waals surface area contributed by atoms with Crippen LogP contribution in [0.3, 0.4) is 0 Å². The molecule has 0 heterocycles. The van der Waals surface area contributed by atoms with Gasteiger partial charge in [-0.05, 0) is 12.5 Å². The van der Waals surface area contributed by atoms with E-state index >= 15 is 0 Å². The second kappa shape index (κ2) is 4.83. The van der Waals surface area contributed by atoms with Crippen molar-refractivity contribution in [1.82, 2.24) is 5.32 Å². The summed E-state index contributed by atoms with van der Waals surface area (Å²) in [6.45, 7) is 7.12. The van der Waals surface area contributed by atoms with E-state index in [2.05, 4.69) is 19.2 Å². The molecule has 0 aromatic carbocycles. The van der Waals surface area contributed by atoms with Gasteiger partial charge in [0, 0.05) is 18.1 Å². The largest absolute Gasteiger partial charge is 0.311 e. The van der Waals surface area contributed by atoms with E-state index in [0.717, 1.165) is 6.54 Å². The SMILES string of the molecule is CC(=CCl)CNC(C)C. The maximum atomic E-state index is 5.43. The molecule has 1 N–H and O–H groups in total. The van der Waals surface area contributed by atoms with Crippen LogP contribution in [0.5, 0.6) is 0 Å². The Kier molecular flexibility index (Phi) is 4.83. The van der Waals surface area contributed by atoms with Crippen molar-refractivity contribution in [3.05, 3.63) is 11.1 Å². The molecule has 0 aliphatic heterocycles. The Hall–Kier alpha value is -0.0100. The van der Waals surface area contributed by atoms with E-state index < -0.39 is 0 Å². The van der Waals surface area contributed by atoms with E-state index in [1.54, 1.807) is 5.54 Å². The zero-order valence-electron chi connectivity index (χ0n) is 6.24. The van der Waals surface area contributed by atoms with Gasteiger partial charge in [0.25, 0.3) is 0 Å². The molecule has 0 aliphatic rings. The Balaban J connectivity index is 3.28. The van der Waals surface area contributed by atoms with Crippen LogP contribution in [-0.4, -0.2) is 12.6 Å². The average molecular weight is 148 g/mol. The van der Waals surface area contributed by atoms with E-state index in [-0.39, 0.29) is 0 Å². The zero-order valence-corrected chi connectivity index (χ0v) is 7.00. The third-order valence-electron chi connectivity index (χ3n) is 0.975. The number of hydrogen-bond acceptors (Lipinski definition) is 1. The Bertz CT molecular complexity index is 97.1.